The van der Waals surface area contributed by atoms with Gasteiger partial charge in [-0.1, -0.05) is 41.0 Å². The largest absolute Gasteiger partial charge is 0.515 e. The molecule has 1 heterocycles. The second-order valence-electron chi connectivity index (χ2n) is 9.29. The number of aliphatic hydroxyl groups is 1. The van der Waals surface area contributed by atoms with Crippen LogP contribution in [0.5, 0.6) is 0 Å². The summed E-state index contributed by atoms with van der Waals surface area (Å²) in [5.74, 6) is 2.74. The Morgan fingerprint density at radius 1 is 1.33 bits per heavy atom. The third-order valence-corrected chi connectivity index (χ3v) is 7.73. The maximum atomic E-state index is 13.2. The van der Waals surface area contributed by atoms with Gasteiger partial charge in [-0.05, 0) is 49.4 Å². The number of aliphatic hydroxyl groups excluding tert-OH is 1. The molecule has 0 aromatic heterocycles. The van der Waals surface area contributed by atoms with Gasteiger partial charge in [0.1, 0.15) is 0 Å². The number of carbonyl (C=O) groups is 1. The van der Waals surface area contributed by atoms with Crippen molar-refractivity contribution in [2.75, 3.05) is 0 Å². The summed E-state index contributed by atoms with van der Waals surface area (Å²) < 4.78 is 6.35. The van der Waals surface area contributed by atoms with Crippen LogP contribution in [0.25, 0.3) is 0 Å². The molecule has 3 nitrogen and oxygen atoms in total. The molecular formula is C21H34O3. The fourth-order valence-electron chi connectivity index (χ4n) is 7.02. The Morgan fingerprint density at radius 3 is 2.58 bits per heavy atom. The molecule has 3 heteroatoms. The third kappa shape index (κ3) is 2.30. The second-order valence-corrected chi connectivity index (χ2v) is 9.29. The van der Waals surface area contributed by atoms with Gasteiger partial charge in [0, 0.05) is 17.4 Å². The molecule has 0 radical (unpaired) electrons. The zero-order valence-electron chi connectivity index (χ0n) is 16.1. The molecule has 9 atom stereocenters. The number of ether oxygens (including phenoxy) is 1. The van der Waals surface area contributed by atoms with Crippen molar-refractivity contribution in [1.82, 2.24) is 0 Å². The van der Waals surface area contributed by atoms with Crippen LogP contribution in [0.1, 0.15) is 60.8 Å². The summed E-state index contributed by atoms with van der Waals surface area (Å²) in [4.78, 5) is 13.2. The summed E-state index contributed by atoms with van der Waals surface area (Å²) in [5.41, 5.74) is -0.637. The van der Waals surface area contributed by atoms with Crippen LogP contribution in [0.3, 0.4) is 0 Å². The van der Waals surface area contributed by atoms with Gasteiger partial charge in [-0.25, -0.2) is 0 Å². The normalized spacial score (nSPS) is 51.8. The maximum Gasteiger partial charge on any atom is 0.165 e. The number of allylic oxidation sites excluding steroid dienone is 1. The molecule has 3 rings (SSSR count). The Hall–Kier alpha value is -0.830. The quantitative estimate of drug-likeness (QED) is 0.458. The number of fused-ring (bicyclic) bond motifs is 3. The monoisotopic (exact) mass is 334 g/mol. The molecule has 2 saturated carbocycles. The summed E-state index contributed by atoms with van der Waals surface area (Å²) >= 11 is 0. The summed E-state index contributed by atoms with van der Waals surface area (Å²) in [7, 11) is 0. The minimum absolute atomic E-state index is 0.0851. The first-order chi connectivity index (χ1) is 11.2. The smallest absolute Gasteiger partial charge is 0.165 e. The Morgan fingerprint density at radius 2 is 2.00 bits per heavy atom. The molecule has 0 aromatic rings. The topological polar surface area (TPSA) is 49.8 Å². The number of ketones is 1. The van der Waals surface area contributed by atoms with Gasteiger partial charge in [-0.15, -0.1) is 0 Å². The number of rotatable bonds is 4. The summed E-state index contributed by atoms with van der Waals surface area (Å²) in [6.45, 7) is 13.5. The molecule has 1 saturated heterocycles. The van der Waals surface area contributed by atoms with Crippen molar-refractivity contribution in [2.24, 2.45) is 40.9 Å². The zero-order valence-corrected chi connectivity index (χ0v) is 16.1. The molecule has 0 aromatic carbocycles. The van der Waals surface area contributed by atoms with E-state index in [4.69, 9.17) is 4.74 Å². The Bertz CT molecular complexity index is 541. The van der Waals surface area contributed by atoms with Gasteiger partial charge >= 0.3 is 0 Å². The van der Waals surface area contributed by atoms with E-state index in [2.05, 4.69) is 41.5 Å². The van der Waals surface area contributed by atoms with E-state index in [0.29, 0.717) is 35.7 Å². The van der Waals surface area contributed by atoms with Crippen LogP contribution < -0.4 is 0 Å². The van der Waals surface area contributed by atoms with Crippen LogP contribution in [-0.4, -0.2) is 22.6 Å². The van der Waals surface area contributed by atoms with E-state index >= 15 is 0 Å². The molecule has 3 fully saturated rings. The molecule has 1 aliphatic heterocycles. The van der Waals surface area contributed by atoms with Crippen molar-refractivity contribution in [3.05, 3.63) is 12.3 Å². The lowest BCUT2D eigenvalue weighted by Gasteiger charge is -2.56. The van der Waals surface area contributed by atoms with Crippen molar-refractivity contribution < 1.29 is 14.6 Å². The van der Waals surface area contributed by atoms with Crippen molar-refractivity contribution in [2.45, 2.75) is 72.5 Å². The molecule has 2 aliphatic carbocycles. The number of carbonyl (C=O) groups excluding carboxylic acids is 1. The molecule has 0 unspecified atom stereocenters. The third-order valence-electron chi connectivity index (χ3n) is 7.73. The molecule has 0 amide bonds. The highest BCUT2D eigenvalue weighted by Gasteiger charge is 2.74. The summed E-state index contributed by atoms with van der Waals surface area (Å²) in [6.07, 6.45) is 6.02. The highest BCUT2D eigenvalue weighted by Crippen LogP contribution is 2.69. The summed E-state index contributed by atoms with van der Waals surface area (Å²) in [6, 6.07) is 0. The van der Waals surface area contributed by atoms with Gasteiger partial charge in [-0.2, -0.15) is 0 Å². The Balaban J connectivity index is 2.12. The zero-order chi connectivity index (χ0) is 17.9. The van der Waals surface area contributed by atoms with Gasteiger partial charge in [0.25, 0.3) is 0 Å². The molecular weight excluding hydrogens is 300 g/mol. The maximum absolute atomic E-state index is 13.2. The molecule has 3 aliphatic rings. The van der Waals surface area contributed by atoms with E-state index in [9.17, 15) is 9.90 Å². The van der Waals surface area contributed by atoms with E-state index < -0.39 is 5.41 Å². The molecule has 0 spiro atoms. The van der Waals surface area contributed by atoms with Crippen LogP contribution in [-0.2, 0) is 9.53 Å². The number of epoxide rings is 1. The highest BCUT2D eigenvalue weighted by molar-refractivity contribution is 5.95. The van der Waals surface area contributed by atoms with E-state index in [0.717, 1.165) is 19.1 Å². The first-order valence-corrected chi connectivity index (χ1v) is 9.74. The van der Waals surface area contributed by atoms with E-state index in [1.165, 1.54) is 12.5 Å². The van der Waals surface area contributed by atoms with Gasteiger partial charge in [-0.3, -0.25) is 4.79 Å². The Labute approximate surface area is 146 Å². The van der Waals surface area contributed by atoms with Crippen molar-refractivity contribution >= 4 is 5.78 Å². The van der Waals surface area contributed by atoms with Crippen molar-refractivity contribution in [1.29, 1.82) is 0 Å². The average Bonchev–Trinajstić information content (AvgIpc) is 3.18. The van der Waals surface area contributed by atoms with Gasteiger partial charge in [0.2, 0.25) is 0 Å². The van der Waals surface area contributed by atoms with Crippen LogP contribution in [0.4, 0.5) is 0 Å². The predicted octanol–water partition coefficient (Wildman–Crippen LogP) is 4.77. The number of hydrogen-bond donors (Lipinski definition) is 1. The second kappa shape index (κ2) is 5.86. The first-order valence-electron chi connectivity index (χ1n) is 9.74. The highest BCUT2D eigenvalue weighted by atomic mass is 16.6. The fourth-order valence-corrected chi connectivity index (χ4v) is 7.02. The van der Waals surface area contributed by atoms with Gasteiger partial charge in [0.15, 0.2) is 5.78 Å². The SMILES string of the molecule is CC[C@@H](C)[C@H]1[C@]2(C)O[C@@H]2[C@H]2C[C@@H](C)C[C@@H](C)[C@@H]2[C@@]1(C)C(=O)C=CO. The predicted molar refractivity (Wildman–Crippen MR) is 95.6 cm³/mol. The minimum atomic E-state index is -0.458. The van der Waals surface area contributed by atoms with E-state index in [1.54, 1.807) is 0 Å². The average molecular weight is 335 g/mol. The van der Waals surface area contributed by atoms with Crippen molar-refractivity contribution in [3.8, 4) is 0 Å². The van der Waals surface area contributed by atoms with Gasteiger partial charge < -0.3 is 9.84 Å². The molecule has 1 N–H and O–H groups in total. The lowest BCUT2D eigenvalue weighted by Crippen LogP contribution is -2.60. The lowest BCUT2D eigenvalue weighted by molar-refractivity contribution is -0.146. The van der Waals surface area contributed by atoms with Crippen LogP contribution >= 0.6 is 0 Å². The lowest BCUT2D eigenvalue weighted by atomic mass is 9.44. The van der Waals surface area contributed by atoms with E-state index in [-0.39, 0.29) is 17.3 Å². The van der Waals surface area contributed by atoms with Crippen LogP contribution in [0.15, 0.2) is 12.3 Å². The summed E-state index contributed by atoms with van der Waals surface area (Å²) in [5, 5.41) is 9.28. The van der Waals surface area contributed by atoms with Crippen LogP contribution in [0, 0.1) is 40.9 Å². The number of hydrogen-bond acceptors (Lipinski definition) is 3. The minimum Gasteiger partial charge on any atom is -0.515 e. The Kier molecular flexibility index (Phi) is 4.39. The van der Waals surface area contributed by atoms with Gasteiger partial charge in [0.05, 0.1) is 18.0 Å². The van der Waals surface area contributed by atoms with Crippen LogP contribution in [0.2, 0.25) is 0 Å². The molecule has 0 bridgehead atoms. The first kappa shape index (κ1) is 18.0. The molecule has 136 valence electrons. The fraction of sp³-hybridized carbons (Fsp3) is 0.857. The van der Waals surface area contributed by atoms with Crippen molar-refractivity contribution in [3.63, 3.8) is 0 Å². The van der Waals surface area contributed by atoms with E-state index in [1.807, 2.05) is 0 Å². The molecule has 24 heavy (non-hydrogen) atoms. The standard InChI is InChI=1S/C21H34O3/c1-7-13(3)18-20(5,16(23)8-9-22)17-14(4)10-12(2)11-15(17)19-21(18,6)24-19/h8-9,12-15,17-19,22H,7,10-11H2,1-6H3/t12-,13+,14+,15-,17-,18+,19+,20+,21-/m0/s1.